The lowest BCUT2D eigenvalue weighted by Gasteiger charge is -2.08. The largest absolute Gasteiger partial charge is 0.398 e. The van der Waals surface area contributed by atoms with Gasteiger partial charge in [0.05, 0.1) is 0 Å². The van der Waals surface area contributed by atoms with Crippen molar-refractivity contribution in [2.45, 2.75) is 13.8 Å². The summed E-state index contributed by atoms with van der Waals surface area (Å²) in [5.74, 6) is 0. The zero-order chi connectivity index (χ0) is 8.27. The van der Waals surface area contributed by atoms with Crippen molar-refractivity contribution in [1.29, 1.82) is 0 Å². The minimum Gasteiger partial charge on any atom is -0.398 e. The van der Waals surface area contributed by atoms with Crippen LogP contribution in [0, 0.1) is 6.92 Å². The zero-order valence-corrected chi connectivity index (χ0v) is 7.02. The van der Waals surface area contributed by atoms with E-state index in [1.54, 1.807) is 0 Å². The lowest BCUT2D eigenvalue weighted by Crippen LogP contribution is -2.00. The molecule has 0 amide bonds. The molecule has 0 aromatic heterocycles. The van der Waals surface area contributed by atoms with E-state index in [0.29, 0.717) is 0 Å². The average molecular weight is 150 g/mol. The van der Waals surface area contributed by atoms with E-state index in [9.17, 15) is 0 Å². The molecule has 2 nitrogen and oxygen atoms in total. The molecule has 0 heterocycles. The van der Waals surface area contributed by atoms with Crippen molar-refractivity contribution in [3.05, 3.63) is 23.8 Å². The van der Waals surface area contributed by atoms with Crippen molar-refractivity contribution in [3.63, 3.8) is 0 Å². The molecule has 0 bridgehead atoms. The second-order valence-corrected chi connectivity index (χ2v) is 2.55. The first-order valence-corrected chi connectivity index (χ1v) is 3.84. The lowest BCUT2D eigenvalue weighted by atomic mass is 10.1. The molecule has 0 saturated carbocycles. The third-order valence-corrected chi connectivity index (χ3v) is 1.74. The molecule has 11 heavy (non-hydrogen) atoms. The maximum atomic E-state index is 5.71. The van der Waals surface area contributed by atoms with Crippen LogP contribution in [0.15, 0.2) is 18.2 Å². The number of benzene rings is 1. The molecule has 0 radical (unpaired) electrons. The fourth-order valence-corrected chi connectivity index (χ4v) is 1.04. The average Bonchev–Trinajstić information content (AvgIpc) is 1.99. The lowest BCUT2D eigenvalue weighted by molar-refractivity contribution is 1.20. The van der Waals surface area contributed by atoms with E-state index < -0.39 is 0 Å². The molecule has 1 aromatic carbocycles. The third-order valence-electron chi connectivity index (χ3n) is 1.74. The van der Waals surface area contributed by atoms with Crippen LogP contribution in [0.4, 0.5) is 11.4 Å². The highest BCUT2D eigenvalue weighted by Crippen LogP contribution is 2.19. The Kier molecular flexibility index (Phi) is 2.36. The van der Waals surface area contributed by atoms with Crippen LogP contribution in [0.3, 0.4) is 0 Å². The molecular formula is C9H14N2. The number of nitrogens with one attached hydrogen (secondary N) is 1. The van der Waals surface area contributed by atoms with Crippen molar-refractivity contribution < 1.29 is 0 Å². The zero-order valence-electron chi connectivity index (χ0n) is 7.02. The van der Waals surface area contributed by atoms with E-state index in [-0.39, 0.29) is 0 Å². The molecule has 60 valence electrons. The van der Waals surface area contributed by atoms with Crippen LogP contribution in [0.5, 0.6) is 0 Å². The number of hydrogen-bond acceptors (Lipinski definition) is 2. The first-order chi connectivity index (χ1) is 5.25. The Labute approximate surface area is 67.4 Å². The summed E-state index contributed by atoms with van der Waals surface area (Å²) >= 11 is 0. The van der Waals surface area contributed by atoms with Crippen molar-refractivity contribution in [3.8, 4) is 0 Å². The van der Waals surface area contributed by atoms with Gasteiger partial charge in [-0.3, -0.25) is 0 Å². The highest BCUT2D eigenvalue weighted by atomic mass is 14.9. The van der Waals surface area contributed by atoms with Crippen LogP contribution in [0.2, 0.25) is 0 Å². The molecule has 0 spiro atoms. The first-order valence-electron chi connectivity index (χ1n) is 3.84. The summed E-state index contributed by atoms with van der Waals surface area (Å²) in [4.78, 5) is 0. The Morgan fingerprint density at radius 1 is 1.45 bits per heavy atom. The van der Waals surface area contributed by atoms with E-state index in [4.69, 9.17) is 5.73 Å². The number of anilines is 2. The Bertz CT molecular complexity index is 243. The van der Waals surface area contributed by atoms with Crippen LogP contribution < -0.4 is 11.1 Å². The molecule has 0 fully saturated rings. The van der Waals surface area contributed by atoms with E-state index >= 15 is 0 Å². The molecule has 0 aliphatic heterocycles. The standard InChI is InChI=1S/C9H14N2/c1-3-11-9-6-4-5-8(10)7(9)2/h4-6,11H,3,10H2,1-2H3. The summed E-state index contributed by atoms with van der Waals surface area (Å²) in [5, 5.41) is 3.24. The first kappa shape index (κ1) is 7.92. The van der Waals surface area contributed by atoms with Crippen LogP contribution in [0.25, 0.3) is 0 Å². The van der Waals surface area contributed by atoms with Crippen molar-refractivity contribution in [2.24, 2.45) is 0 Å². The minimum atomic E-state index is 0.850. The molecule has 0 saturated heterocycles. The molecule has 0 aliphatic carbocycles. The van der Waals surface area contributed by atoms with Gasteiger partial charge in [0.1, 0.15) is 0 Å². The summed E-state index contributed by atoms with van der Waals surface area (Å²) < 4.78 is 0. The van der Waals surface area contributed by atoms with E-state index in [1.165, 1.54) is 0 Å². The molecule has 3 N–H and O–H groups in total. The molecular weight excluding hydrogens is 136 g/mol. The number of rotatable bonds is 2. The van der Waals surface area contributed by atoms with E-state index in [2.05, 4.69) is 12.2 Å². The van der Waals surface area contributed by atoms with E-state index in [1.807, 2.05) is 25.1 Å². The Morgan fingerprint density at radius 3 is 2.82 bits per heavy atom. The summed E-state index contributed by atoms with van der Waals surface area (Å²) in [6, 6.07) is 5.91. The summed E-state index contributed by atoms with van der Waals surface area (Å²) in [6.45, 7) is 5.03. The molecule has 2 heteroatoms. The van der Waals surface area contributed by atoms with Gasteiger partial charge in [0.25, 0.3) is 0 Å². The van der Waals surface area contributed by atoms with Gasteiger partial charge in [-0.2, -0.15) is 0 Å². The van der Waals surface area contributed by atoms with Gasteiger partial charge >= 0.3 is 0 Å². The van der Waals surface area contributed by atoms with Crippen LogP contribution >= 0.6 is 0 Å². The summed E-state index contributed by atoms with van der Waals surface area (Å²) in [5.41, 5.74) is 8.83. The minimum absolute atomic E-state index is 0.850. The summed E-state index contributed by atoms with van der Waals surface area (Å²) in [6.07, 6.45) is 0. The van der Waals surface area contributed by atoms with Gasteiger partial charge in [-0.1, -0.05) is 6.07 Å². The predicted molar refractivity (Wildman–Crippen MR) is 49.8 cm³/mol. The van der Waals surface area contributed by atoms with Gasteiger partial charge < -0.3 is 11.1 Å². The van der Waals surface area contributed by atoms with Gasteiger partial charge in [-0.15, -0.1) is 0 Å². The van der Waals surface area contributed by atoms with Crippen LogP contribution in [0.1, 0.15) is 12.5 Å². The van der Waals surface area contributed by atoms with Gasteiger partial charge in [0.15, 0.2) is 0 Å². The number of nitrogens with two attached hydrogens (primary N) is 1. The quantitative estimate of drug-likeness (QED) is 0.633. The second kappa shape index (κ2) is 3.28. The SMILES string of the molecule is CCNc1cccc(N)c1C. The predicted octanol–water partition coefficient (Wildman–Crippen LogP) is 2.01. The van der Waals surface area contributed by atoms with E-state index in [0.717, 1.165) is 23.5 Å². The molecule has 1 rings (SSSR count). The monoisotopic (exact) mass is 150 g/mol. The fourth-order valence-electron chi connectivity index (χ4n) is 1.04. The highest BCUT2D eigenvalue weighted by molar-refractivity contribution is 5.62. The topological polar surface area (TPSA) is 38.0 Å². The normalized spacial score (nSPS) is 9.64. The molecule has 0 unspecified atom stereocenters. The molecule has 0 aliphatic rings. The maximum absolute atomic E-state index is 5.71. The number of nitrogen functional groups attached to an aromatic ring is 1. The highest BCUT2D eigenvalue weighted by Gasteiger charge is 1.97. The summed E-state index contributed by atoms with van der Waals surface area (Å²) in [7, 11) is 0. The Morgan fingerprint density at radius 2 is 2.18 bits per heavy atom. The van der Waals surface area contributed by atoms with Crippen molar-refractivity contribution >= 4 is 11.4 Å². The van der Waals surface area contributed by atoms with Gasteiger partial charge in [-0.05, 0) is 31.5 Å². The van der Waals surface area contributed by atoms with Gasteiger partial charge in [-0.25, -0.2) is 0 Å². The maximum Gasteiger partial charge on any atom is 0.0390 e. The van der Waals surface area contributed by atoms with Crippen molar-refractivity contribution in [1.82, 2.24) is 0 Å². The van der Waals surface area contributed by atoms with Gasteiger partial charge in [0, 0.05) is 17.9 Å². The fraction of sp³-hybridized carbons (Fsp3) is 0.333. The second-order valence-electron chi connectivity index (χ2n) is 2.55. The molecule has 1 aromatic rings. The Hall–Kier alpha value is -1.18. The van der Waals surface area contributed by atoms with Gasteiger partial charge in [0.2, 0.25) is 0 Å². The smallest absolute Gasteiger partial charge is 0.0390 e. The Balaban J connectivity index is 2.96. The molecule has 0 atom stereocenters. The van der Waals surface area contributed by atoms with Crippen LogP contribution in [-0.4, -0.2) is 6.54 Å². The van der Waals surface area contributed by atoms with Crippen molar-refractivity contribution in [2.75, 3.05) is 17.6 Å². The third kappa shape index (κ3) is 1.64. The van der Waals surface area contributed by atoms with Crippen LogP contribution in [-0.2, 0) is 0 Å². The number of hydrogen-bond donors (Lipinski definition) is 2.